The summed E-state index contributed by atoms with van der Waals surface area (Å²) in [5.74, 6) is 1.23. The number of anilines is 3. The quantitative estimate of drug-likeness (QED) is 0.161. The Morgan fingerprint density at radius 2 is 0.900 bits per heavy atom. The van der Waals surface area contributed by atoms with E-state index in [1.807, 2.05) is 48.5 Å². The minimum absolute atomic E-state index is 0.610. The maximum atomic E-state index is 6.15. The molecule has 0 bridgehead atoms. The van der Waals surface area contributed by atoms with Gasteiger partial charge in [-0.3, -0.25) is 0 Å². The van der Waals surface area contributed by atoms with E-state index in [0.717, 1.165) is 83.6 Å². The Balaban J connectivity index is 0.888. The van der Waals surface area contributed by atoms with Gasteiger partial charge in [-0.2, -0.15) is 0 Å². The van der Waals surface area contributed by atoms with E-state index in [1.54, 1.807) is 0 Å². The number of oxazole rings is 2. The molecule has 0 atom stereocenters. The van der Waals surface area contributed by atoms with E-state index in [2.05, 4.69) is 167 Å². The zero-order chi connectivity index (χ0) is 39.6. The van der Waals surface area contributed by atoms with Gasteiger partial charge in [0.25, 0.3) is 0 Å². The van der Waals surface area contributed by atoms with E-state index in [4.69, 9.17) is 18.8 Å². The van der Waals surface area contributed by atoms with Crippen molar-refractivity contribution in [3.05, 3.63) is 206 Å². The van der Waals surface area contributed by atoms with Gasteiger partial charge in [-0.25, -0.2) is 9.97 Å². The molecule has 3 aromatic heterocycles. The van der Waals surface area contributed by atoms with E-state index in [0.29, 0.717) is 11.8 Å². The molecule has 0 radical (unpaired) electrons. The molecule has 0 unspecified atom stereocenters. The Bertz CT molecular complexity index is 3470. The Morgan fingerprint density at radius 3 is 1.58 bits per heavy atom. The highest BCUT2D eigenvalue weighted by Crippen LogP contribution is 2.41. The van der Waals surface area contributed by atoms with Crippen molar-refractivity contribution in [2.75, 3.05) is 4.90 Å². The first-order valence-electron chi connectivity index (χ1n) is 20.1. The summed E-state index contributed by atoms with van der Waals surface area (Å²) in [6, 6.07) is 72.0. The van der Waals surface area contributed by atoms with Crippen molar-refractivity contribution >= 4 is 71.8 Å². The lowest BCUT2D eigenvalue weighted by Crippen LogP contribution is -2.10. The number of rotatable bonds is 7. The third-order valence-corrected chi connectivity index (χ3v) is 11.5. The van der Waals surface area contributed by atoms with Crippen molar-refractivity contribution in [1.82, 2.24) is 14.5 Å². The lowest BCUT2D eigenvalue weighted by atomic mass is 10.0. The second kappa shape index (κ2) is 13.7. The third-order valence-electron chi connectivity index (χ3n) is 11.5. The number of fused-ring (bicyclic) bond motifs is 6. The average molecular weight is 771 g/mol. The summed E-state index contributed by atoms with van der Waals surface area (Å²) < 4.78 is 14.6. The molecule has 0 saturated heterocycles. The van der Waals surface area contributed by atoms with Crippen LogP contribution in [-0.2, 0) is 0 Å². The monoisotopic (exact) mass is 770 g/mol. The van der Waals surface area contributed by atoms with Crippen LogP contribution in [0.25, 0.3) is 94.5 Å². The highest BCUT2D eigenvalue weighted by atomic mass is 16.4. The predicted octanol–water partition coefficient (Wildman–Crippen LogP) is 14.7. The van der Waals surface area contributed by atoms with Crippen LogP contribution in [0.1, 0.15) is 0 Å². The molecule has 60 heavy (non-hydrogen) atoms. The van der Waals surface area contributed by atoms with Crippen molar-refractivity contribution in [2.24, 2.45) is 0 Å². The van der Waals surface area contributed by atoms with Crippen LogP contribution >= 0.6 is 0 Å². The highest BCUT2D eigenvalue weighted by Gasteiger charge is 2.18. The lowest BCUT2D eigenvalue weighted by molar-refractivity contribution is 0.619. The summed E-state index contributed by atoms with van der Waals surface area (Å²) in [5.41, 5.74) is 14.0. The smallest absolute Gasteiger partial charge is 0.227 e. The van der Waals surface area contributed by atoms with Crippen LogP contribution in [0.4, 0.5) is 17.1 Å². The molecule has 0 amide bonds. The van der Waals surface area contributed by atoms with Gasteiger partial charge in [0.15, 0.2) is 11.2 Å². The molecule has 0 aliphatic rings. The molecule has 0 aliphatic carbocycles. The topological polar surface area (TPSA) is 60.2 Å². The SMILES string of the molecule is c1ccc2c(N(c3ccc(-c4ccc(-n5c6ccccc6c6cc(-c7nc8ccccc8o7)ccc65)cc4)cc3)c3ccc(-c4nc5ccccc5o4)cc3)cccc2c1. The summed E-state index contributed by atoms with van der Waals surface area (Å²) in [5, 5.41) is 4.70. The fourth-order valence-electron chi connectivity index (χ4n) is 8.57. The van der Waals surface area contributed by atoms with Gasteiger partial charge in [0.05, 0.1) is 16.7 Å². The van der Waals surface area contributed by atoms with Crippen LogP contribution in [0.5, 0.6) is 0 Å². The fourth-order valence-corrected chi connectivity index (χ4v) is 8.57. The normalized spacial score (nSPS) is 11.7. The Kier molecular flexibility index (Phi) is 7.74. The Morgan fingerprint density at radius 1 is 0.383 bits per heavy atom. The van der Waals surface area contributed by atoms with Crippen LogP contribution < -0.4 is 4.90 Å². The first kappa shape index (κ1) is 33.9. The Hall–Kier alpha value is -8.22. The van der Waals surface area contributed by atoms with E-state index in [1.165, 1.54) is 16.2 Å². The molecule has 0 N–H and O–H groups in total. The van der Waals surface area contributed by atoms with Crippen LogP contribution in [0.3, 0.4) is 0 Å². The molecule has 0 saturated carbocycles. The second-order valence-corrected chi connectivity index (χ2v) is 15.0. The number of benzene rings is 9. The van der Waals surface area contributed by atoms with Crippen molar-refractivity contribution in [3.63, 3.8) is 0 Å². The van der Waals surface area contributed by atoms with E-state index < -0.39 is 0 Å². The summed E-state index contributed by atoms with van der Waals surface area (Å²) >= 11 is 0. The van der Waals surface area contributed by atoms with Gasteiger partial charge in [-0.05, 0) is 120 Å². The minimum atomic E-state index is 0.610. The van der Waals surface area contributed by atoms with Crippen LogP contribution in [0, 0.1) is 0 Å². The molecule has 9 aromatic carbocycles. The Labute approximate surface area is 344 Å². The molecular weight excluding hydrogens is 737 g/mol. The average Bonchev–Trinajstić information content (AvgIpc) is 4.04. The fraction of sp³-hybridized carbons (Fsp3) is 0. The first-order chi connectivity index (χ1) is 29.7. The van der Waals surface area contributed by atoms with Gasteiger partial charge >= 0.3 is 0 Å². The second-order valence-electron chi connectivity index (χ2n) is 15.0. The van der Waals surface area contributed by atoms with Gasteiger partial charge in [0.2, 0.25) is 11.8 Å². The number of aromatic nitrogens is 3. The zero-order valence-electron chi connectivity index (χ0n) is 32.2. The number of nitrogens with zero attached hydrogens (tertiary/aromatic N) is 4. The minimum Gasteiger partial charge on any atom is -0.436 e. The molecule has 0 fully saturated rings. The third kappa shape index (κ3) is 5.65. The van der Waals surface area contributed by atoms with Gasteiger partial charge in [0, 0.05) is 44.3 Å². The standard InChI is InChI=1S/C54H34N4O2/c1-2-12-43-37(10-1)11-9-17-48(43)57(41-31-24-38(25-32-41)53-55-46-14-4-7-18-51(46)59-53)40-27-20-35(21-28-40)36-22-29-42(30-23-36)58-49-16-6-3-13-44(49)45-34-39(26-33-50(45)58)54-56-47-15-5-8-19-52(47)60-54/h1-34H. The van der Waals surface area contributed by atoms with Gasteiger partial charge in [-0.1, -0.05) is 103 Å². The van der Waals surface area contributed by atoms with Crippen LogP contribution in [0.2, 0.25) is 0 Å². The van der Waals surface area contributed by atoms with E-state index in [-0.39, 0.29) is 0 Å². The number of hydrogen-bond acceptors (Lipinski definition) is 5. The van der Waals surface area contributed by atoms with Crippen molar-refractivity contribution in [3.8, 4) is 39.7 Å². The molecule has 6 heteroatoms. The highest BCUT2D eigenvalue weighted by molar-refractivity contribution is 6.10. The molecule has 6 nitrogen and oxygen atoms in total. The predicted molar refractivity (Wildman–Crippen MR) is 244 cm³/mol. The molecule has 12 rings (SSSR count). The molecule has 282 valence electrons. The maximum Gasteiger partial charge on any atom is 0.227 e. The zero-order valence-corrected chi connectivity index (χ0v) is 32.2. The summed E-state index contributed by atoms with van der Waals surface area (Å²) in [4.78, 5) is 11.8. The molecule has 12 aromatic rings. The first-order valence-corrected chi connectivity index (χ1v) is 20.1. The summed E-state index contributed by atoms with van der Waals surface area (Å²) in [7, 11) is 0. The number of hydrogen-bond donors (Lipinski definition) is 0. The van der Waals surface area contributed by atoms with Crippen LogP contribution in [0.15, 0.2) is 215 Å². The van der Waals surface area contributed by atoms with E-state index >= 15 is 0 Å². The van der Waals surface area contributed by atoms with E-state index in [9.17, 15) is 0 Å². The molecule has 3 heterocycles. The molecular formula is C54H34N4O2. The van der Waals surface area contributed by atoms with Gasteiger partial charge in [-0.15, -0.1) is 0 Å². The summed E-state index contributed by atoms with van der Waals surface area (Å²) in [6.45, 7) is 0. The number of para-hydroxylation sites is 5. The maximum absolute atomic E-state index is 6.15. The lowest BCUT2D eigenvalue weighted by Gasteiger charge is -2.27. The van der Waals surface area contributed by atoms with Crippen LogP contribution in [-0.4, -0.2) is 14.5 Å². The molecule has 0 spiro atoms. The summed E-state index contributed by atoms with van der Waals surface area (Å²) in [6.07, 6.45) is 0. The van der Waals surface area contributed by atoms with Gasteiger partial charge in [0.1, 0.15) is 11.0 Å². The van der Waals surface area contributed by atoms with Crippen molar-refractivity contribution in [1.29, 1.82) is 0 Å². The van der Waals surface area contributed by atoms with Gasteiger partial charge < -0.3 is 18.3 Å². The molecule has 0 aliphatic heterocycles. The largest absolute Gasteiger partial charge is 0.436 e. The van der Waals surface area contributed by atoms with Crippen molar-refractivity contribution in [2.45, 2.75) is 0 Å². The van der Waals surface area contributed by atoms with Crippen molar-refractivity contribution < 1.29 is 8.83 Å².